The highest BCUT2D eigenvalue weighted by Gasteiger charge is 2.43. The largest absolute Gasteiger partial charge is 0.289 e. The van der Waals surface area contributed by atoms with Crippen molar-refractivity contribution in [3.05, 3.63) is 52.0 Å². The van der Waals surface area contributed by atoms with Crippen LogP contribution in [0.3, 0.4) is 0 Å². The van der Waals surface area contributed by atoms with Crippen molar-refractivity contribution in [3.63, 3.8) is 0 Å². The monoisotopic (exact) mass is 343 g/mol. The summed E-state index contributed by atoms with van der Waals surface area (Å²) in [6, 6.07) is 5.11. The highest BCUT2D eigenvalue weighted by atomic mass is 32.1. The second kappa shape index (κ2) is 6.83. The number of pyridine rings is 1. The number of nitrogens with zero attached hydrogens (tertiary/aromatic N) is 3. The summed E-state index contributed by atoms with van der Waals surface area (Å²) in [5.74, 6) is -0.232. The average molecular weight is 343 g/mol. The van der Waals surface area contributed by atoms with Crippen LogP contribution in [0.5, 0.6) is 0 Å². The predicted octanol–water partition coefficient (Wildman–Crippen LogP) is 2.77. The number of hydrogen-bond donors (Lipinski definition) is 0. The number of aromatic nitrogens is 1. The van der Waals surface area contributed by atoms with E-state index in [0.717, 1.165) is 5.56 Å². The number of imide groups is 1. The van der Waals surface area contributed by atoms with E-state index in [1.807, 2.05) is 31.0 Å². The molecule has 5 nitrogen and oxygen atoms in total. The van der Waals surface area contributed by atoms with Gasteiger partial charge in [0.05, 0.1) is 18.5 Å². The van der Waals surface area contributed by atoms with E-state index in [4.69, 9.17) is 0 Å². The van der Waals surface area contributed by atoms with Crippen molar-refractivity contribution in [2.75, 3.05) is 7.05 Å². The van der Waals surface area contributed by atoms with Gasteiger partial charge in [-0.25, -0.2) is 0 Å². The van der Waals surface area contributed by atoms with E-state index >= 15 is 0 Å². The summed E-state index contributed by atoms with van der Waals surface area (Å²) in [6.45, 7) is 4.62. The fourth-order valence-corrected chi connectivity index (χ4v) is 4.03. The number of carbonyl (C=O) groups excluding carboxylic acids is 2. The van der Waals surface area contributed by atoms with Crippen molar-refractivity contribution >= 4 is 23.2 Å². The summed E-state index contributed by atoms with van der Waals surface area (Å²) < 4.78 is 0. The maximum Gasteiger partial charge on any atom is 0.247 e. The molecule has 3 heterocycles. The number of carbonyl (C=O) groups is 2. The van der Waals surface area contributed by atoms with E-state index < -0.39 is 6.04 Å². The number of amides is 2. The van der Waals surface area contributed by atoms with Gasteiger partial charge in [-0.05, 0) is 49.5 Å². The second-order valence-electron chi connectivity index (χ2n) is 6.23. The maximum absolute atomic E-state index is 12.8. The molecule has 2 aromatic rings. The minimum Gasteiger partial charge on any atom is -0.289 e. The van der Waals surface area contributed by atoms with Crippen LogP contribution >= 0.6 is 11.3 Å². The number of hydrogen-bond acceptors (Lipinski definition) is 5. The molecule has 2 atom stereocenters. The fraction of sp³-hybridized carbons (Fsp3) is 0.389. The van der Waals surface area contributed by atoms with Crippen LogP contribution in [0, 0.1) is 6.92 Å². The van der Waals surface area contributed by atoms with Crippen LogP contribution in [-0.4, -0.2) is 39.7 Å². The quantitative estimate of drug-likeness (QED) is 0.784. The molecule has 2 amide bonds. The summed E-state index contributed by atoms with van der Waals surface area (Å²) in [5, 5.41) is 2.05. The highest BCUT2D eigenvalue weighted by molar-refractivity contribution is 7.10. The Morgan fingerprint density at radius 2 is 2.21 bits per heavy atom. The van der Waals surface area contributed by atoms with Gasteiger partial charge in [-0.3, -0.25) is 24.4 Å². The van der Waals surface area contributed by atoms with Gasteiger partial charge in [0.15, 0.2) is 0 Å². The molecular weight excluding hydrogens is 322 g/mol. The molecule has 0 spiro atoms. The number of aryl methyl sites for hydroxylation is 1. The van der Waals surface area contributed by atoms with Gasteiger partial charge >= 0.3 is 0 Å². The summed E-state index contributed by atoms with van der Waals surface area (Å²) in [4.78, 5) is 34.0. The molecule has 126 valence electrons. The minimum atomic E-state index is -0.391. The van der Waals surface area contributed by atoms with E-state index in [9.17, 15) is 9.59 Å². The van der Waals surface area contributed by atoms with E-state index in [1.165, 1.54) is 15.3 Å². The Morgan fingerprint density at radius 3 is 2.83 bits per heavy atom. The first-order chi connectivity index (χ1) is 11.5. The third kappa shape index (κ3) is 3.12. The van der Waals surface area contributed by atoms with Crippen molar-refractivity contribution in [2.24, 2.45) is 0 Å². The Hall–Kier alpha value is -2.05. The van der Waals surface area contributed by atoms with E-state index in [0.29, 0.717) is 6.54 Å². The van der Waals surface area contributed by atoms with Gasteiger partial charge in [0.1, 0.15) is 0 Å². The van der Waals surface area contributed by atoms with Crippen molar-refractivity contribution < 1.29 is 9.59 Å². The van der Waals surface area contributed by atoms with E-state index in [-0.39, 0.29) is 24.3 Å². The first kappa shape index (κ1) is 16.8. The van der Waals surface area contributed by atoms with Gasteiger partial charge in [0.25, 0.3) is 0 Å². The average Bonchev–Trinajstić information content (AvgIpc) is 3.11. The minimum absolute atomic E-state index is 0.115. The summed E-state index contributed by atoms with van der Waals surface area (Å²) in [5.41, 5.74) is 2.10. The molecule has 3 rings (SSSR count). The van der Waals surface area contributed by atoms with Crippen LogP contribution < -0.4 is 0 Å². The molecule has 0 radical (unpaired) electrons. The second-order valence-corrected chi connectivity index (χ2v) is 7.23. The van der Waals surface area contributed by atoms with Crippen molar-refractivity contribution in [3.8, 4) is 0 Å². The van der Waals surface area contributed by atoms with Gasteiger partial charge in [0.2, 0.25) is 11.8 Å². The summed E-state index contributed by atoms with van der Waals surface area (Å²) in [6.07, 6.45) is 3.63. The molecule has 24 heavy (non-hydrogen) atoms. The normalized spacial score (nSPS) is 19.3. The van der Waals surface area contributed by atoms with Crippen LogP contribution in [0.1, 0.15) is 35.4 Å². The van der Waals surface area contributed by atoms with Crippen LogP contribution in [0.25, 0.3) is 0 Å². The lowest BCUT2D eigenvalue weighted by Gasteiger charge is -2.26. The molecule has 1 saturated heterocycles. The van der Waals surface area contributed by atoms with Crippen LogP contribution in [0.2, 0.25) is 0 Å². The summed E-state index contributed by atoms with van der Waals surface area (Å²) >= 11 is 1.68. The molecule has 6 heteroatoms. The lowest BCUT2D eigenvalue weighted by molar-refractivity contribution is -0.142. The third-order valence-electron chi connectivity index (χ3n) is 4.61. The molecule has 0 N–H and O–H groups in total. The molecule has 0 aromatic carbocycles. The van der Waals surface area contributed by atoms with Gasteiger partial charge < -0.3 is 0 Å². The molecule has 1 fully saturated rings. The Bertz CT molecular complexity index is 744. The van der Waals surface area contributed by atoms with Crippen molar-refractivity contribution in [2.45, 2.75) is 38.9 Å². The Balaban J connectivity index is 1.75. The maximum atomic E-state index is 12.8. The van der Waals surface area contributed by atoms with Gasteiger partial charge in [0, 0.05) is 23.8 Å². The zero-order valence-electron chi connectivity index (χ0n) is 14.1. The number of likely N-dealkylation sites (N-methyl/N-ethyl adjacent to an activating group) is 1. The SMILES string of the molecule is Cc1ccsc1CN(C)[C@@H]1CC(=O)N([C@H](C)c2cccnc2)C1=O. The van der Waals surface area contributed by atoms with Gasteiger partial charge in [-0.2, -0.15) is 0 Å². The van der Waals surface area contributed by atoms with Crippen LogP contribution in [0.15, 0.2) is 36.0 Å². The highest BCUT2D eigenvalue weighted by Crippen LogP contribution is 2.29. The third-order valence-corrected chi connectivity index (χ3v) is 5.61. The van der Waals surface area contributed by atoms with Gasteiger partial charge in [-0.15, -0.1) is 11.3 Å². The smallest absolute Gasteiger partial charge is 0.247 e. The lowest BCUT2D eigenvalue weighted by atomic mass is 10.1. The van der Waals surface area contributed by atoms with Crippen molar-refractivity contribution in [1.82, 2.24) is 14.8 Å². The molecule has 1 aliphatic rings. The van der Waals surface area contributed by atoms with Crippen LogP contribution in [0.4, 0.5) is 0 Å². The van der Waals surface area contributed by atoms with Gasteiger partial charge in [-0.1, -0.05) is 6.07 Å². The zero-order chi connectivity index (χ0) is 17.3. The Morgan fingerprint density at radius 1 is 1.42 bits per heavy atom. The standard InChI is InChI=1S/C18H21N3O2S/c1-12-6-8-24-16(12)11-20(3)15-9-17(22)21(18(15)23)13(2)14-5-4-7-19-10-14/h4-8,10,13,15H,9,11H2,1-3H3/t13-,15-/m1/s1. The predicted molar refractivity (Wildman–Crippen MR) is 93.4 cm³/mol. The molecule has 0 aliphatic carbocycles. The summed E-state index contributed by atoms with van der Waals surface area (Å²) in [7, 11) is 1.91. The number of thiophene rings is 1. The Labute approximate surface area is 145 Å². The molecule has 1 aliphatic heterocycles. The van der Waals surface area contributed by atoms with E-state index in [1.54, 1.807) is 23.7 Å². The molecular formula is C18H21N3O2S. The lowest BCUT2D eigenvalue weighted by Crippen LogP contribution is -2.40. The van der Waals surface area contributed by atoms with Crippen LogP contribution in [-0.2, 0) is 16.1 Å². The Kier molecular flexibility index (Phi) is 4.78. The zero-order valence-corrected chi connectivity index (χ0v) is 14.9. The van der Waals surface area contributed by atoms with E-state index in [2.05, 4.69) is 23.4 Å². The number of rotatable bonds is 5. The topological polar surface area (TPSA) is 53.5 Å². The first-order valence-electron chi connectivity index (χ1n) is 7.98. The molecule has 0 bridgehead atoms. The molecule has 0 unspecified atom stereocenters. The first-order valence-corrected chi connectivity index (χ1v) is 8.86. The fourth-order valence-electron chi connectivity index (χ4n) is 3.06. The molecule has 0 saturated carbocycles. The van der Waals surface area contributed by atoms with Crippen molar-refractivity contribution in [1.29, 1.82) is 0 Å². The number of likely N-dealkylation sites (tertiary alicyclic amines) is 1. The molecule has 2 aromatic heterocycles.